The third-order valence-corrected chi connectivity index (χ3v) is 6.37. The van der Waals surface area contributed by atoms with Gasteiger partial charge in [-0.15, -0.1) is 11.3 Å². The summed E-state index contributed by atoms with van der Waals surface area (Å²) >= 11 is 1.04. The van der Waals surface area contributed by atoms with Gasteiger partial charge < -0.3 is 16.0 Å². The number of carbonyl (C=O) groups excluding carboxylic acids is 2. The van der Waals surface area contributed by atoms with Crippen molar-refractivity contribution in [1.82, 2.24) is 20.1 Å². The molecule has 0 saturated carbocycles. The fourth-order valence-corrected chi connectivity index (χ4v) is 4.62. The number of hydrogen-bond acceptors (Lipinski definition) is 8. The monoisotopic (exact) mass is 479 g/mol. The summed E-state index contributed by atoms with van der Waals surface area (Å²) in [6, 6.07) is 11.4. The second-order valence-corrected chi connectivity index (χ2v) is 8.54. The highest BCUT2D eigenvalue weighted by molar-refractivity contribution is 7.07. The standard InChI is InChI=1S/C23H25N7O3S/c1-2-30-22(33)19(34-23(30)18(13-25)21(32)27-8-7-24)14-28-17-5-3-4-16(12-17)6-10-29-11-9-26-20(31)15-29/h3-5,12,14,28H,2,6,8-11,15H2,1H3,(H,26,31)(H,27,32)/b19-14+,23-18-. The van der Waals surface area contributed by atoms with E-state index in [-0.39, 0.29) is 28.2 Å². The third-order valence-electron chi connectivity index (χ3n) is 5.24. The molecule has 3 N–H and O–H groups in total. The third kappa shape index (κ3) is 6.10. The molecule has 0 bridgehead atoms. The quantitative estimate of drug-likeness (QED) is 0.415. The Morgan fingerprint density at radius 1 is 1.32 bits per heavy atom. The number of rotatable bonds is 8. The van der Waals surface area contributed by atoms with Crippen LogP contribution in [0.5, 0.6) is 0 Å². The first-order chi connectivity index (χ1) is 16.5. The molecule has 0 atom stereocenters. The molecular formula is C23H25N7O3S. The largest absolute Gasteiger partial charge is 0.360 e. The molecule has 0 radical (unpaired) electrons. The minimum absolute atomic E-state index is 0.0451. The topological polar surface area (TPSA) is 143 Å². The Kier molecular flexibility index (Phi) is 8.57. The number of benzene rings is 1. The van der Waals surface area contributed by atoms with Gasteiger partial charge in [-0.1, -0.05) is 12.1 Å². The normalized spacial score (nSPS) is 15.1. The van der Waals surface area contributed by atoms with Crippen LogP contribution in [0.1, 0.15) is 12.5 Å². The van der Waals surface area contributed by atoms with E-state index in [1.807, 2.05) is 30.3 Å². The number of carbonyl (C=O) groups is 2. The van der Waals surface area contributed by atoms with Gasteiger partial charge in [-0.25, -0.2) is 0 Å². The molecular weight excluding hydrogens is 454 g/mol. The van der Waals surface area contributed by atoms with E-state index in [4.69, 9.17) is 5.26 Å². The number of hydrogen-bond donors (Lipinski definition) is 3. The molecule has 2 amide bonds. The van der Waals surface area contributed by atoms with E-state index >= 15 is 0 Å². The first-order valence-electron chi connectivity index (χ1n) is 10.8. The highest BCUT2D eigenvalue weighted by Crippen LogP contribution is 2.12. The van der Waals surface area contributed by atoms with Crippen LogP contribution in [0.25, 0.3) is 11.8 Å². The molecule has 34 heavy (non-hydrogen) atoms. The van der Waals surface area contributed by atoms with E-state index in [1.54, 1.807) is 19.2 Å². The molecule has 1 aliphatic heterocycles. The van der Waals surface area contributed by atoms with Gasteiger partial charge in [-0.3, -0.25) is 23.9 Å². The molecule has 2 aromatic rings. The Balaban J connectivity index is 1.81. The summed E-state index contributed by atoms with van der Waals surface area (Å²) in [5.41, 5.74) is 1.38. The van der Waals surface area contributed by atoms with E-state index in [2.05, 4.69) is 20.9 Å². The van der Waals surface area contributed by atoms with Crippen LogP contribution < -0.4 is 30.7 Å². The molecule has 176 valence electrons. The van der Waals surface area contributed by atoms with Crippen molar-refractivity contribution in [3.05, 3.63) is 49.4 Å². The summed E-state index contributed by atoms with van der Waals surface area (Å²) in [5, 5.41) is 26.4. The van der Waals surface area contributed by atoms with Crippen molar-refractivity contribution >= 4 is 40.6 Å². The molecule has 1 aliphatic rings. The Bertz CT molecular complexity index is 1330. The first kappa shape index (κ1) is 24.7. The molecule has 3 rings (SSSR count). The Morgan fingerprint density at radius 2 is 2.15 bits per heavy atom. The van der Waals surface area contributed by atoms with Crippen molar-refractivity contribution in [2.45, 2.75) is 19.9 Å². The van der Waals surface area contributed by atoms with Gasteiger partial charge in [0.25, 0.3) is 11.5 Å². The van der Waals surface area contributed by atoms with Crippen molar-refractivity contribution in [2.75, 3.05) is 38.0 Å². The smallest absolute Gasteiger partial charge is 0.270 e. The van der Waals surface area contributed by atoms with Crippen molar-refractivity contribution in [1.29, 1.82) is 10.5 Å². The second-order valence-electron chi connectivity index (χ2n) is 7.51. The second kappa shape index (κ2) is 11.8. The Morgan fingerprint density at radius 3 is 2.85 bits per heavy atom. The maximum absolute atomic E-state index is 12.8. The maximum Gasteiger partial charge on any atom is 0.270 e. The van der Waals surface area contributed by atoms with Gasteiger partial charge in [-0.2, -0.15) is 10.5 Å². The van der Waals surface area contributed by atoms with Crippen molar-refractivity contribution < 1.29 is 9.59 Å². The van der Waals surface area contributed by atoms with Crippen LogP contribution in [0.3, 0.4) is 0 Å². The predicted octanol–water partition coefficient (Wildman–Crippen LogP) is -0.932. The van der Waals surface area contributed by atoms with Gasteiger partial charge in [-0.05, 0) is 31.0 Å². The zero-order valence-electron chi connectivity index (χ0n) is 18.8. The number of thiazole rings is 1. The minimum atomic E-state index is -0.689. The van der Waals surface area contributed by atoms with Crippen molar-refractivity contribution in [3.63, 3.8) is 0 Å². The van der Waals surface area contributed by atoms with Crippen molar-refractivity contribution in [3.8, 4) is 12.1 Å². The lowest BCUT2D eigenvalue weighted by molar-refractivity contribution is -0.124. The fourth-order valence-electron chi connectivity index (χ4n) is 3.53. The molecule has 1 aromatic heterocycles. The summed E-state index contributed by atoms with van der Waals surface area (Å²) in [6.07, 6.45) is 2.35. The summed E-state index contributed by atoms with van der Waals surface area (Å²) in [4.78, 5) is 38.7. The molecule has 1 fully saturated rings. The van der Waals surface area contributed by atoms with Crippen LogP contribution >= 0.6 is 11.3 Å². The first-order valence-corrected chi connectivity index (χ1v) is 11.6. The average Bonchev–Trinajstić information content (AvgIpc) is 3.15. The SMILES string of the molecule is CCn1c(=O)/c(=C\Nc2cccc(CCN3CCNC(=O)C3)c2)s/c1=C(/C#N)C(=O)NCC#N. The summed E-state index contributed by atoms with van der Waals surface area (Å²) < 4.78 is 1.97. The summed E-state index contributed by atoms with van der Waals surface area (Å²) in [5.74, 6) is -0.644. The highest BCUT2D eigenvalue weighted by atomic mass is 32.1. The fraction of sp³-hybridized carbons (Fsp3) is 0.348. The van der Waals surface area contributed by atoms with E-state index in [0.29, 0.717) is 24.2 Å². The van der Waals surface area contributed by atoms with Crippen LogP contribution in [-0.2, 0) is 22.6 Å². The van der Waals surface area contributed by atoms with E-state index in [0.717, 1.165) is 42.1 Å². The Labute approximate surface area is 200 Å². The van der Waals surface area contributed by atoms with E-state index in [9.17, 15) is 19.6 Å². The van der Waals surface area contributed by atoms with Gasteiger partial charge in [0.2, 0.25) is 5.91 Å². The molecule has 11 heteroatoms. The number of piperazine rings is 1. The van der Waals surface area contributed by atoms with Crippen LogP contribution in [-0.4, -0.2) is 54.0 Å². The maximum atomic E-state index is 12.8. The highest BCUT2D eigenvalue weighted by Gasteiger charge is 2.16. The lowest BCUT2D eigenvalue weighted by Crippen LogP contribution is -2.48. The van der Waals surface area contributed by atoms with Crippen LogP contribution in [0.2, 0.25) is 0 Å². The number of amides is 2. The van der Waals surface area contributed by atoms with Crippen LogP contribution in [0.4, 0.5) is 5.69 Å². The molecule has 1 saturated heterocycles. The van der Waals surface area contributed by atoms with E-state index in [1.165, 1.54) is 4.57 Å². The van der Waals surface area contributed by atoms with Gasteiger partial charge in [0, 0.05) is 38.1 Å². The minimum Gasteiger partial charge on any atom is -0.360 e. The van der Waals surface area contributed by atoms with Gasteiger partial charge in [0.1, 0.15) is 21.8 Å². The molecule has 0 unspecified atom stereocenters. The Hall–Kier alpha value is -3.93. The summed E-state index contributed by atoms with van der Waals surface area (Å²) in [6.45, 7) is 4.50. The van der Waals surface area contributed by atoms with Crippen molar-refractivity contribution in [2.24, 2.45) is 0 Å². The van der Waals surface area contributed by atoms with E-state index < -0.39 is 5.91 Å². The average molecular weight is 480 g/mol. The molecule has 2 heterocycles. The number of nitriles is 2. The number of aromatic nitrogens is 1. The zero-order chi connectivity index (χ0) is 24.5. The lowest BCUT2D eigenvalue weighted by atomic mass is 10.1. The lowest BCUT2D eigenvalue weighted by Gasteiger charge is -2.26. The zero-order valence-corrected chi connectivity index (χ0v) is 19.6. The molecule has 0 aliphatic carbocycles. The number of nitrogens with one attached hydrogen (secondary N) is 3. The van der Waals surface area contributed by atoms with Gasteiger partial charge >= 0.3 is 0 Å². The number of anilines is 1. The number of nitrogens with zero attached hydrogens (tertiary/aromatic N) is 4. The molecule has 10 nitrogen and oxygen atoms in total. The molecule has 1 aromatic carbocycles. The summed E-state index contributed by atoms with van der Waals surface area (Å²) in [7, 11) is 0. The molecule has 0 spiro atoms. The van der Waals surface area contributed by atoms with Crippen LogP contribution in [0.15, 0.2) is 29.1 Å². The van der Waals surface area contributed by atoms with Gasteiger partial charge in [0.15, 0.2) is 5.57 Å². The van der Waals surface area contributed by atoms with Crippen LogP contribution in [0, 0.1) is 22.7 Å². The van der Waals surface area contributed by atoms with Gasteiger partial charge in [0.05, 0.1) is 12.6 Å². The predicted molar refractivity (Wildman–Crippen MR) is 129 cm³/mol.